The van der Waals surface area contributed by atoms with Gasteiger partial charge in [-0.2, -0.15) is 0 Å². The van der Waals surface area contributed by atoms with Gasteiger partial charge < -0.3 is 0 Å². The maximum Gasteiger partial charge on any atom is -0.0152 e. The third-order valence-corrected chi connectivity index (χ3v) is 9.80. The molecule has 4 aliphatic rings. The molecular formula is C24H40. The zero-order chi connectivity index (χ0) is 17.1. The van der Waals surface area contributed by atoms with Crippen LogP contribution in [0, 0.1) is 46.3 Å². The molecule has 0 aliphatic heterocycles. The van der Waals surface area contributed by atoms with Crippen molar-refractivity contribution in [1.82, 2.24) is 0 Å². The van der Waals surface area contributed by atoms with Crippen molar-refractivity contribution in [2.75, 3.05) is 0 Å². The molecule has 4 rings (SSSR count). The van der Waals surface area contributed by atoms with Gasteiger partial charge in [-0.15, -0.1) is 0 Å². The molecular weight excluding hydrogens is 288 g/mol. The van der Waals surface area contributed by atoms with E-state index in [1.54, 1.807) is 19.3 Å². The van der Waals surface area contributed by atoms with Gasteiger partial charge in [-0.3, -0.25) is 0 Å². The Morgan fingerprint density at radius 3 is 2.38 bits per heavy atom. The second kappa shape index (κ2) is 5.88. The van der Waals surface area contributed by atoms with Crippen LogP contribution in [0.5, 0.6) is 0 Å². The van der Waals surface area contributed by atoms with Gasteiger partial charge in [0, 0.05) is 0 Å². The standard InChI is InChI=1S/C24H40/c1-6-23(4)13-11-18-17(15-23)7-8-20-19(18)12-14-24(5)21(16(2)3)9-10-22(20)24/h17-22H,2,6-15H2,1,3-5H3. The van der Waals surface area contributed by atoms with Crippen LogP contribution in [0.25, 0.3) is 0 Å². The zero-order valence-corrected chi connectivity index (χ0v) is 16.7. The van der Waals surface area contributed by atoms with Crippen LogP contribution in [0.4, 0.5) is 0 Å². The summed E-state index contributed by atoms with van der Waals surface area (Å²) in [4.78, 5) is 0. The molecule has 0 heterocycles. The predicted octanol–water partition coefficient (Wildman–Crippen LogP) is 7.25. The van der Waals surface area contributed by atoms with E-state index in [1.807, 2.05) is 0 Å². The van der Waals surface area contributed by atoms with E-state index in [2.05, 4.69) is 34.3 Å². The van der Waals surface area contributed by atoms with Gasteiger partial charge in [-0.1, -0.05) is 39.3 Å². The normalized spacial score (nSPS) is 53.8. The first-order chi connectivity index (χ1) is 11.4. The highest BCUT2D eigenvalue weighted by molar-refractivity contribution is 5.14. The fourth-order valence-electron chi connectivity index (χ4n) is 8.32. The van der Waals surface area contributed by atoms with Gasteiger partial charge in [0.2, 0.25) is 0 Å². The largest absolute Gasteiger partial charge is 0.0998 e. The van der Waals surface area contributed by atoms with Gasteiger partial charge in [-0.05, 0) is 111 Å². The Morgan fingerprint density at radius 1 is 0.917 bits per heavy atom. The molecule has 0 amide bonds. The number of allylic oxidation sites excluding steroid dienone is 1. The van der Waals surface area contributed by atoms with Crippen LogP contribution in [0.2, 0.25) is 0 Å². The molecule has 136 valence electrons. The van der Waals surface area contributed by atoms with Crippen molar-refractivity contribution in [2.24, 2.45) is 46.3 Å². The fourth-order valence-corrected chi connectivity index (χ4v) is 8.32. The Morgan fingerprint density at radius 2 is 1.67 bits per heavy atom. The van der Waals surface area contributed by atoms with E-state index in [-0.39, 0.29) is 0 Å². The Labute approximate surface area is 150 Å². The van der Waals surface area contributed by atoms with Crippen LogP contribution in [-0.2, 0) is 0 Å². The first-order valence-electron chi connectivity index (χ1n) is 11.0. The summed E-state index contributed by atoms with van der Waals surface area (Å²) in [5.41, 5.74) is 2.73. The van der Waals surface area contributed by atoms with Crippen LogP contribution in [0.15, 0.2) is 12.2 Å². The minimum Gasteiger partial charge on any atom is -0.0998 e. The Bertz CT molecular complexity index is 504. The average Bonchev–Trinajstić information content (AvgIpc) is 2.91. The molecule has 4 aliphatic carbocycles. The maximum absolute atomic E-state index is 4.37. The molecule has 8 atom stereocenters. The molecule has 0 aromatic carbocycles. The van der Waals surface area contributed by atoms with Crippen LogP contribution < -0.4 is 0 Å². The van der Waals surface area contributed by atoms with Crippen molar-refractivity contribution >= 4 is 0 Å². The summed E-state index contributed by atoms with van der Waals surface area (Å²) in [6.45, 7) is 14.3. The smallest absolute Gasteiger partial charge is 0.0152 e. The third kappa shape index (κ3) is 2.45. The van der Waals surface area contributed by atoms with Crippen molar-refractivity contribution in [1.29, 1.82) is 0 Å². The first-order valence-corrected chi connectivity index (χ1v) is 11.0. The summed E-state index contributed by atoms with van der Waals surface area (Å²) in [5.74, 6) is 6.10. The number of hydrogen-bond acceptors (Lipinski definition) is 0. The molecule has 0 N–H and O–H groups in total. The van der Waals surface area contributed by atoms with Gasteiger partial charge in [-0.25, -0.2) is 0 Å². The van der Waals surface area contributed by atoms with Gasteiger partial charge in [0.15, 0.2) is 0 Å². The van der Waals surface area contributed by atoms with E-state index in [0.717, 1.165) is 35.5 Å². The molecule has 0 radical (unpaired) electrons. The molecule has 8 unspecified atom stereocenters. The molecule has 0 bridgehead atoms. The predicted molar refractivity (Wildman–Crippen MR) is 104 cm³/mol. The topological polar surface area (TPSA) is 0 Å². The van der Waals surface area contributed by atoms with Gasteiger partial charge in [0.05, 0.1) is 0 Å². The lowest BCUT2D eigenvalue weighted by molar-refractivity contribution is -0.0752. The average molecular weight is 329 g/mol. The SMILES string of the molecule is C=C(C)C1CCC2C3CCC4CC(C)(CC)CCC4C3CCC12C. The molecule has 0 nitrogen and oxygen atoms in total. The second-order valence-corrected chi connectivity index (χ2v) is 10.9. The Balaban J connectivity index is 1.54. The Hall–Kier alpha value is -0.260. The molecule has 0 aromatic heterocycles. The number of hydrogen-bond donors (Lipinski definition) is 0. The maximum atomic E-state index is 4.37. The van der Waals surface area contributed by atoms with Crippen LogP contribution >= 0.6 is 0 Å². The second-order valence-electron chi connectivity index (χ2n) is 10.9. The summed E-state index contributed by atoms with van der Waals surface area (Å²) >= 11 is 0. The van der Waals surface area contributed by atoms with Crippen molar-refractivity contribution in [2.45, 2.75) is 91.9 Å². The van der Waals surface area contributed by atoms with E-state index < -0.39 is 0 Å². The van der Waals surface area contributed by atoms with Gasteiger partial charge in [0.1, 0.15) is 0 Å². The van der Waals surface area contributed by atoms with E-state index in [4.69, 9.17) is 0 Å². The molecule has 24 heavy (non-hydrogen) atoms. The number of fused-ring (bicyclic) bond motifs is 5. The van der Waals surface area contributed by atoms with E-state index in [9.17, 15) is 0 Å². The zero-order valence-electron chi connectivity index (χ0n) is 16.7. The Kier molecular flexibility index (Phi) is 4.21. The molecule has 4 fully saturated rings. The van der Waals surface area contributed by atoms with Crippen molar-refractivity contribution in [3.05, 3.63) is 12.2 Å². The summed E-state index contributed by atoms with van der Waals surface area (Å²) in [7, 11) is 0. The lowest BCUT2D eigenvalue weighted by Gasteiger charge is -2.57. The van der Waals surface area contributed by atoms with Crippen LogP contribution in [0.3, 0.4) is 0 Å². The lowest BCUT2D eigenvalue weighted by Crippen LogP contribution is -2.49. The summed E-state index contributed by atoms with van der Waals surface area (Å²) in [5, 5.41) is 0. The van der Waals surface area contributed by atoms with Gasteiger partial charge in [0.25, 0.3) is 0 Å². The van der Waals surface area contributed by atoms with Crippen molar-refractivity contribution in [3.8, 4) is 0 Å². The van der Waals surface area contributed by atoms with E-state index in [0.29, 0.717) is 10.8 Å². The first kappa shape index (κ1) is 17.2. The van der Waals surface area contributed by atoms with E-state index in [1.165, 1.54) is 50.5 Å². The summed E-state index contributed by atoms with van der Waals surface area (Å²) in [6, 6.07) is 0. The minimum absolute atomic E-state index is 0.590. The highest BCUT2D eigenvalue weighted by Gasteiger charge is 2.57. The number of rotatable bonds is 2. The molecule has 0 saturated heterocycles. The monoisotopic (exact) mass is 328 g/mol. The van der Waals surface area contributed by atoms with Crippen LogP contribution in [0.1, 0.15) is 91.9 Å². The lowest BCUT2D eigenvalue weighted by atomic mass is 9.48. The van der Waals surface area contributed by atoms with Crippen molar-refractivity contribution < 1.29 is 0 Å². The summed E-state index contributed by atoms with van der Waals surface area (Å²) < 4.78 is 0. The highest BCUT2D eigenvalue weighted by atomic mass is 14.6. The van der Waals surface area contributed by atoms with Crippen LogP contribution in [-0.4, -0.2) is 0 Å². The quantitative estimate of drug-likeness (QED) is 0.468. The summed E-state index contributed by atoms with van der Waals surface area (Å²) in [6.07, 6.45) is 15.0. The highest BCUT2D eigenvalue weighted by Crippen LogP contribution is 2.66. The molecule has 0 heteroatoms. The van der Waals surface area contributed by atoms with E-state index >= 15 is 0 Å². The third-order valence-electron chi connectivity index (χ3n) is 9.80. The molecule has 0 aromatic rings. The van der Waals surface area contributed by atoms with Gasteiger partial charge >= 0.3 is 0 Å². The molecule has 0 spiro atoms. The fraction of sp³-hybridized carbons (Fsp3) is 0.917. The molecule has 4 saturated carbocycles. The minimum atomic E-state index is 0.590. The van der Waals surface area contributed by atoms with Crippen molar-refractivity contribution in [3.63, 3.8) is 0 Å².